The largest absolute Gasteiger partial charge is 0.335 e. The van der Waals surface area contributed by atoms with E-state index in [0.29, 0.717) is 5.69 Å². The first-order valence-corrected chi connectivity index (χ1v) is 11.7. The van der Waals surface area contributed by atoms with Crippen LogP contribution in [0, 0.1) is 10.1 Å². The van der Waals surface area contributed by atoms with Crippen molar-refractivity contribution in [2.24, 2.45) is 0 Å². The van der Waals surface area contributed by atoms with Crippen molar-refractivity contribution in [1.29, 1.82) is 0 Å². The Morgan fingerprint density at radius 1 is 1.00 bits per heavy atom. The highest BCUT2D eigenvalue weighted by Crippen LogP contribution is 2.25. The Kier molecular flexibility index (Phi) is 5.81. The molecule has 0 aliphatic carbocycles. The van der Waals surface area contributed by atoms with E-state index < -0.39 is 14.9 Å². The van der Waals surface area contributed by atoms with Crippen molar-refractivity contribution in [3.8, 4) is 10.6 Å². The predicted octanol–water partition coefficient (Wildman–Crippen LogP) is 2.87. The molecular formula is C20H18N4O5S2. The molecule has 2 aromatic carbocycles. The fourth-order valence-corrected chi connectivity index (χ4v) is 5.49. The summed E-state index contributed by atoms with van der Waals surface area (Å²) in [5.41, 5.74) is 1.11. The van der Waals surface area contributed by atoms with Crippen LogP contribution in [-0.4, -0.2) is 59.6 Å². The Balaban J connectivity index is 1.42. The lowest BCUT2D eigenvalue weighted by molar-refractivity contribution is -0.384. The minimum atomic E-state index is -3.79. The molecule has 2 heterocycles. The third kappa shape index (κ3) is 4.33. The second-order valence-electron chi connectivity index (χ2n) is 6.85. The number of hydrogen-bond donors (Lipinski definition) is 0. The number of piperazine rings is 1. The predicted molar refractivity (Wildman–Crippen MR) is 115 cm³/mol. The van der Waals surface area contributed by atoms with Crippen LogP contribution in [0.5, 0.6) is 0 Å². The summed E-state index contributed by atoms with van der Waals surface area (Å²) in [5.74, 6) is -0.231. The van der Waals surface area contributed by atoms with Gasteiger partial charge in [0.25, 0.3) is 11.6 Å². The molecule has 1 aliphatic rings. The molecule has 31 heavy (non-hydrogen) atoms. The zero-order valence-corrected chi connectivity index (χ0v) is 17.9. The van der Waals surface area contributed by atoms with E-state index in [1.54, 1.807) is 10.3 Å². The van der Waals surface area contributed by atoms with E-state index in [-0.39, 0.29) is 42.7 Å². The van der Waals surface area contributed by atoms with Gasteiger partial charge in [0.2, 0.25) is 10.0 Å². The SMILES string of the molecule is O=C(c1csc(-c2ccccc2)n1)N1CCN(S(=O)(=O)c2ccc([N+](=O)[O-])cc2)CC1. The smallest absolute Gasteiger partial charge is 0.273 e. The molecule has 11 heteroatoms. The third-order valence-electron chi connectivity index (χ3n) is 4.96. The van der Waals surface area contributed by atoms with Gasteiger partial charge in [-0.25, -0.2) is 13.4 Å². The Bertz CT molecular complexity index is 1200. The van der Waals surface area contributed by atoms with Crippen LogP contribution in [0.1, 0.15) is 10.5 Å². The standard InChI is InChI=1S/C20H18N4O5S2/c25-20(18-14-30-19(21-18)15-4-2-1-3-5-15)22-10-12-23(13-11-22)31(28,29)17-8-6-16(7-9-17)24(26)27/h1-9,14H,10-13H2. The maximum absolute atomic E-state index is 12.8. The van der Waals surface area contributed by atoms with Gasteiger partial charge in [-0.1, -0.05) is 30.3 Å². The van der Waals surface area contributed by atoms with Crippen LogP contribution < -0.4 is 0 Å². The number of hydrogen-bond acceptors (Lipinski definition) is 7. The van der Waals surface area contributed by atoms with Gasteiger partial charge in [0, 0.05) is 49.3 Å². The summed E-state index contributed by atoms with van der Waals surface area (Å²) < 4.78 is 26.9. The van der Waals surface area contributed by atoms with Crippen LogP contribution >= 0.6 is 11.3 Å². The zero-order chi connectivity index (χ0) is 22.0. The molecule has 0 saturated carbocycles. The number of benzene rings is 2. The van der Waals surface area contributed by atoms with Gasteiger partial charge in [0.15, 0.2) is 0 Å². The topological polar surface area (TPSA) is 114 Å². The van der Waals surface area contributed by atoms with Crippen molar-refractivity contribution >= 4 is 33.0 Å². The van der Waals surface area contributed by atoms with E-state index in [2.05, 4.69) is 4.98 Å². The van der Waals surface area contributed by atoms with Crippen LogP contribution in [-0.2, 0) is 10.0 Å². The fraction of sp³-hybridized carbons (Fsp3) is 0.200. The summed E-state index contributed by atoms with van der Waals surface area (Å²) in [6.07, 6.45) is 0. The molecule has 0 unspecified atom stereocenters. The van der Waals surface area contributed by atoms with E-state index in [4.69, 9.17) is 0 Å². The Labute approximate surface area is 182 Å². The number of carbonyl (C=O) groups is 1. The number of sulfonamides is 1. The van der Waals surface area contributed by atoms with Gasteiger partial charge in [0.05, 0.1) is 9.82 Å². The highest BCUT2D eigenvalue weighted by molar-refractivity contribution is 7.89. The molecule has 0 N–H and O–H groups in total. The third-order valence-corrected chi connectivity index (χ3v) is 7.76. The van der Waals surface area contributed by atoms with Gasteiger partial charge >= 0.3 is 0 Å². The molecule has 0 atom stereocenters. The van der Waals surface area contributed by atoms with E-state index >= 15 is 0 Å². The monoisotopic (exact) mass is 458 g/mol. The molecule has 160 valence electrons. The fourth-order valence-electron chi connectivity index (χ4n) is 3.27. The normalized spacial score (nSPS) is 15.0. The Hall–Kier alpha value is -3.15. The van der Waals surface area contributed by atoms with E-state index in [9.17, 15) is 23.3 Å². The van der Waals surface area contributed by atoms with Gasteiger partial charge in [-0.3, -0.25) is 14.9 Å². The average molecular weight is 459 g/mol. The number of aromatic nitrogens is 1. The van der Waals surface area contributed by atoms with Crippen LogP contribution in [0.25, 0.3) is 10.6 Å². The van der Waals surface area contributed by atoms with Crippen LogP contribution in [0.3, 0.4) is 0 Å². The lowest BCUT2D eigenvalue weighted by atomic mass is 10.2. The Morgan fingerprint density at radius 2 is 1.65 bits per heavy atom. The molecule has 9 nitrogen and oxygen atoms in total. The molecule has 1 saturated heterocycles. The first kappa shape index (κ1) is 21.1. The molecule has 1 amide bonds. The quantitative estimate of drug-likeness (QED) is 0.429. The molecule has 0 bridgehead atoms. The number of carbonyl (C=O) groups excluding carboxylic acids is 1. The number of amides is 1. The summed E-state index contributed by atoms with van der Waals surface area (Å²) >= 11 is 1.39. The lowest BCUT2D eigenvalue weighted by Crippen LogP contribution is -2.50. The zero-order valence-electron chi connectivity index (χ0n) is 16.2. The summed E-state index contributed by atoms with van der Waals surface area (Å²) in [6.45, 7) is 0.758. The average Bonchev–Trinajstić information content (AvgIpc) is 3.30. The number of rotatable bonds is 5. The second-order valence-corrected chi connectivity index (χ2v) is 9.65. The molecule has 1 aliphatic heterocycles. The highest BCUT2D eigenvalue weighted by atomic mass is 32.2. The van der Waals surface area contributed by atoms with Gasteiger partial charge in [-0.15, -0.1) is 11.3 Å². The van der Waals surface area contributed by atoms with Crippen LogP contribution in [0.2, 0.25) is 0 Å². The first-order valence-electron chi connectivity index (χ1n) is 9.41. The Morgan fingerprint density at radius 3 is 2.26 bits per heavy atom. The van der Waals surface area contributed by atoms with Crippen molar-refractivity contribution < 1.29 is 18.1 Å². The summed E-state index contributed by atoms with van der Waals surface area (Å²) in [7, 11) is -3.79. The van der Waals surface area contributed by atoms with Crippen molar-refractivity contribution in [2.75, 3.05) is 26.2 Å². The minimum absolute atomic E-state index is 0.00937. The number of nitro groups is 1. The summed E-state index contributed by atoms with van der Waals surface area (Å²) in [4.78, 5) is 29.0. The molecule has 0 radical (unpaired) electrons. The van der Waals surface area contributed by atoms with Crippen molar-refractivity contribution in [3.63, 3.8) is 0 Å². The lowest BCUT2D eigenvalue weighted by Gasteiger charge is -2.33. The van der Waals surface area contributed by atoms with Gasteiger partial charge < -0.3 is 4.90 Å². The highest BCUT2D eigenvalue weighted by Gasteiger charge is 2.31. The van der Waals surface area contributed by atoms with Crippen LogP contribution in [0.15, 0.2) is 64.9 Å². The van der Waals surface area contributed by atoms with E-state index in [1.807, 2.05) is 30.3 Å². The number of nitro benzene ring substituents is 1. The molecule has 0 spiro atoms. The molecule has 3 aromatic rings. The summed E-state index contributed by atoms with van der Waals surface area (Å²) in [5, 5.41) is 13.2. The van der Waals surface area contributed by atoms with Crippen molar-refractivity contribution in [3.05, 3.63) is 75.8 Å². The number of non-ortho nitro benzene ring substituents is 1. The molecule has 1 aromatic heterocycles. The maximum atomic E-state index is 12.8. The second kappa shape index (κ2) is 8.53. The van der Waals surface area contributed by atoms with E-state index in [0.717, 1.165) is 10.6 Å². The van der Waals surface area contributed by atoms with Crippen molar-refractivity contribution in [2.45, 2.75) is 4.90 Å². The van der Waals surface area contributed by atoms with E-state index in [1.165, 1.54) is 39.9 Å². The molecule has 1 fully saturated rings. The van der Waals surface area contributed by atoms with Crippen molar-refractivity contribution in [1.82, 2.24) is 14.2 Å². The first-order chi connectivity index (χ1) is 14.9. The maximum Gasteiger partial charge on any atom is 0.273 e. The van der Waals surface area contributed by atoms with Gasteiger partial charge in [-0.05, 0) is 12.1 Å². The van der Waals surface area contributed by atoms with Gasteiger partial charge in [-0.2, -0.15) is 4.31 Å². The minimum Gasteiger partial charge on any atom is -0.335 e. The molecular weight excluding hydrogens is 440 g/mol. The number of nitrogens with zero attached hydrogens (tertiary/aromatic N) is 4. The van der Waals surface area contributed by atoms with Crippen LogP contribution in [0.4, 0.5) is 5.69 Å². The van der Waals surface area contributed by atoms with Gasteiger partial charge in [0.1, 0.15) is 10.7 Å². The summed E-state index contributed by atoms with van der Waals surface area (Å²) in [6, 6.07) is 14.4. The molecule has 4 rings (SSSR count). The number of thiazole rings is 1.